The average molecular weight is 317 g/mol. The van der Waals surface area contributed by atoms with Crippen LogP contribution in [0.25, 0.3) is 0 Å². The van der Waals surface area contributed by atoms with Gasteiger partial charge in [-0.25, -0.2) is 0 Å². The Morgan fingerprint density at radius 1 is 1.30 bits per heavy atom. The van der Waals surface area contributed by atoms with Crippen molar-refractivity contribution < 1.29 is 9.59 Å². The molecule has 0 spiro atoms. The number of nitrogens with zero attached hydrogens (tertiary/aromatic N) is 2. The fourth-order valence-electron chi connectivity index (χ4n) is 2.78. The number of likely N-dealkylation sites (N-methyl/N-ethyl adjacent to an activating group) is 1. The Balaban J connectivity index is 1.67. The Morgan fingerprint density at radius 3 is 2.74 bits per heavy atom. The lowest BCUT2D eigenvalue weighted by molar-refractivity contribution is -0.129. The lowest BCUT2D eigenvalue weighted by Crippen LogP contribution is -2.35. The summed E-state index contributed by atoms with van der Waals surface area (Å²) >= 11 is 0. The van der Waals surface area contributed by atoms with Gasteiger partial charge in [-0.2, -0.15) is 0 Å². The Labute approximate surface area is 138 Å². The quantitative estimate of drug-likeness (QED) is 0.732. The minimum atomic E-state index is -0.193. The molecule has 1 aromatic rings. The van der Waals surface area contributed by atoms with E-state index in [1.807, 2.05) is 37.2 Å². The van der Waals surface area contributed by atoms with Crippen LogP contribution in [0.2, 0.25) is 0 Å². The van der Waals surface area contributed by atoms with Crippen LogP contribution in [0.5, 0.6) is 0 Å². The molecule has 1 aliphatic rings. The molecule has 2 rings (SSSR count). The lowest BCUT2D eigenvalue weighted by Gasteiger charge is -2.19. The molecule has 1 saturated heterocycles. The van der Waals surface area contributed by atoms with E-state index in [2.05, 4.69) is 17.4 Å². The van der Waals surface area contributed by atoms with Gasteiger partial charge in [0, 0.05) is 32.6 Å². The van der Waals surface area contributed by atoms with Crippen molar-refractivity contribution in [3.05, 3.63) is 35.9 Å². The van der Waals surface area contributed by atoms with E-state index in [1.54, 1.807) is 4.90 Å². The van der Waals surface area contributed by atoms with E-state index in [4.69, 9.17) is 0 Å². The Kier molecular flexibility index (Phi) is 6.59. The van der Waals surface area contributed by atoms with Crippen molar-refractivity contribution in [3.63, 3.8) is 0 Å². The summed E-state index contributed by atoms with van der Waals surface area (Å²) < 4.78 is 0. The molecule has 2 amide bonds. The van der Waals surface area contributed by atoms with Crippen LogP contribution in [0.3, 0.4) is 0 Å². The molecule has 1 N–H and O–H groups in total. The number of likely N-dealkylation sites (tertiary alicyclic amines) is 1. The number of carbonyl (C=O) groups excluding carboxylic acids is 2. The molecule has 0 bridgehead atoms. The summed E-state index contributed by atoms with van der Waals surface area (Å²) in [7, 11) is 3.97. The molecule has 0 radical (unpaired) electrons. The Morgan fingerprint density at radius 2 is 2.04 bits per heavy atom. The number of aryl methyl sites for hydroxylation is 1. The summed E-state index contributed by atoms with van der Waals surface area (Å²) in [5.41, 5.74) is 1.28. The fourth-order valence-corrected chi connectivity index (χ4v) is 2.78. The Bertz CT molecular complexity index is 516. The third-order valence-electron chi connectivity index (χ3n) is 4.19. The molecule has 126 valence electrons. The SMILES string of the molecule is CN(C)CCN1C[C@@H](C(=O)NCCCc2ccccc2)CC1=O. The van der Waals surface area contributed by atoms with Crippen molar-refractivity contribution in [2.75, 3.05) is 40.3 Å². The van der Waals surface area contributed by atoms with E-state index >= 15 is 0 Å². The van der Waals surface area contributed by atoms with Crippen molar-refractivity contribution in [2.24, 2.45) is 5.92 Å². The molecule has 1 fully saturated rings. The van der Waals surface area contributed by atoms with E-state index < -0.39 is 0 Å². The highest BCUT2D eigenvalue weighted by atomic mass is 16.2. The summed E-state index contributed by atoms with van der Waals surface area (Å²) in [5, 5.41) is 2.97. The van der Waals surface area contributed by atoms with Crippen molar-refractivity contribution in [1.29, 1.82) is 0 Å². The topological polar surface area (TPSA) is 52.6 Å². The molecule has 1 atom stereocenters. The number of carbonyl (C=O) groups is 2. The van der Waals surface area contributed by atoms with Gasteiger partial charge in [-0.1, -0.05) is 30.3 Å². The smallest absolute Gasteiger partial charge is 0.225 e. The van der Waals surface area contributed by atoms with Gasteiger partial charge in [-0.05, 0) is 32.5 Å². The van der Waals surface area contributed by atoms with Gasteiger partial charge in [0.1, 0.15) is 0 Å². The van der Waals surface area contributed by atoms with Crippen LogP contribution < -0.4 is 5.32 Å². The predicted molar refractivity (Wildman–Crippen MR) is 91.0 cm³/mol. The van der Waals surface area contributed by atoms with Crippen molar-refractivity contribution >= 4 is 11.8 Å². The van der Waals surface area contributed by atoms with Gasteiger partial charge in [-0.3, -0.25) is 9.59 Å². The standard InChI is InChI=1S/C18H27N3O2/c1-20(2)11-12-21-14-16(13-17(21)22)18(23)19-10-6-9-15-7-4-3-5-8-15/h3-5,7-8,16H,6,9-14H2,1-2H3,(H,19,23)/t16-/m0/s1. The van der Waals surface area contributed by atoms with E-state index in [0.29, 0.717) is 26.1 Å². The summed E-state index contributed by atoms with van der Waals surface area (Å²) in [4.78, 5) is 28.0. The number of hydrogen-bond donors (Lipinski definition) is 1. The minimum absolute atomic E-state index is 0.0127. The van der Waals surface area contributed by atoms with Crippen LogP contribution in [0.15, 0.2) is 30.3 Å². The first kappa shape index (κ1) is 17.5. The molecule has 23 heavy (non-hydrogen) atoms. The van der Waals surface area contributed by atoms with E-state index in [-0.39, 0.29) is 17.7 Å². The van der Waals surface area contributed by atoms with Gasteiger partial charge < -0.3 is 15.1 Å². The number of rotatable bonds is 8. The van der Waals surface area contributed by atoms with Crippen LogP contribution in [0.1, 0.15) is 18.4 Å². The number of nitrogens with one attached hydrogen (secondary N) is 1. The van der Waals surface area contributed by atoms with E-state index in [1.165, 1.54) is 5.56 Å². The molecule has 0 unspecified atom stereocenters. The minimum Gasteiger partial charge on any atom is -0.356 e. The molecule has 5 nitrogen and oxygen atoms in total. The fraction of sp³-hybridized carbons (Fsp3) is 0.556. The molecule has 1 aromatic carbocycles. The van der Waals surface area contributed by atoms with Crippen LogP contribution in [-0.4, -0.2) is 61.9 Å². The number of amides is 2. The highest BCUT2D eigenvalue weighted by molar-refractivity contribution is 5.89. The highest BCUT2D eigenvalue weighted by Gasteiger charge is 2.33. The highest BCUT2D eigenvalue weighted by Crippen LogP contribution is 2.17. The Hall–Kier alpha value is -1.88. The maximum atomic E-state index is 12.2. The largest absolute Gasteiger partial charge is 0.356 e. The molecular formula is C18H27N3O2. The van der Waals surface area contributed by atoms with Gasteiger partial charge in [0.25, 0.3) is 0 Å². The van der Waals surface area contributed by atoms with Gasteiger partial charge in [0.05, 0.1) is 5.92 Å². The van der Waals surface area contributed by atoms with Crippen LogP contribution in [-0.2, 0) is 16.0 Å². The van der Waals surface area contributed by atoms with Gasteiger partial charge in [0.2, 0.25) is 11.8 Å². The second-order valence-electron chi connectivity index (χ2n) is 6.42. The molecule has 5 heteroatoms. The number of benzene rings is 1. The molecule has 0 aromatic heterocycles. The molecule has 1 heterocycles. The molecule has 0 saturated carbocycles. The van der Waals surface area contributed by atoms with Gasteiger partial charge in [0.15, 0.2) is 0 Å². The van der Waals surface area contributed by atoms with Crippen molar-refractivity contribution in [2.45, 2.75) is 19.3 Å². The second kappa shape index (κ2) is 8.67. The first-order chi connectivity index (χ1) is 11.1. The monoisotopic (exact) mass is 317 g/mol. The maximum Gasteiger partial charge on any atom is 0.225 e. The van der Waals surface area contributed by atoms with Crippen LogP contribution >= 0.6 is 0 Å². The van der Waals surface area contributed by atoms with Crippen LogP contribution in [0, 0.1) is 5.92 Å². The normalized spacial score (nSPS) is 17.8. The van der Waals surface area contributed by atoms with Crippen LogP contribution in [0.4, 0.5) is 0 Å². The first-order valence-corrected chi connectivity index (χ1v) is 8.30. The first-order valence-electron chi connectivity index (χ1n) is 8.30. The summed E-state index contributed by atoms with van der Waals surface area (Å²) in [5.74, 6) is -0.0866. The summed E-state index contributed by atoms with van der Waals surface area (Å²) in [6.45, 7) is 2.74. The summed E-state index contributed by atoms with van der Waals surface area (Å²) in [6.07, 6.45) is 2.22. The molecule has 0 aliphatic carbocycles. The van der Waals surface area contributed by atoms with Gasteiger partial charge in [-0.15, -0.1) is 0 Å². The average Bonchev–Trinajstić information content (AvgIpc) is 2.91. The summed E-state index contributed by atoms with van der Waals surface area (Å²) in [6, 6.07) is 10.3. The predicted octanol–water partition coefficient (Wildman–Crippen LogP) is 1.15. The van der Waals surface area contributed by atoms with E-state index in [9.17, 15) is 9.59 Å². The molecule has 1 aliphatic heterocycles. The number of hydrogen-bond acceptors (Lipinski definition) is 3. The van der Waals surface area contributed by atoms with Crippen molar-refractivity contribution in [3.8, 4) is 0 Å². The third kappa shape index (κ3) is 5.67. The maximum absolute atomic E-state index is 12.2. The second-order valence-corrected chi connectivity index (χ2v) is 6.42. The van der Waals surface area contributed by atoms with Crippen molar-refractivity contribution in [1.82, 2.24) is 15.1 Å². The van der Waals surface area contributed by atoms with E-state index in [0.717, 1.165) is 19.4 Å². The molecular weight excluding hydrogens is 290 g/mol. The zero-order valence-electron chi connectivity index (χ0n) is 14.1. The third-order valence-corrected chi connectivity index (χ3v) is 4.19. The van der Waals surface area contributed by atoms with Gasteiger partial charge >= 0.3 is 0 Å². The zero-order chi connectivity index (χ0) is 16.7. The zero-order valence-corrected chi connectivity index (χ0v) is 14.1. The lowest BCUT2D eigenvalue weighted by atomic mass is 10.1.